The molecule has 0 spiro atoms. The van der Waals surface area contributed by atoms with E-state index in [4.69, 9.17) is 9.72 Å². The van der Waals surface area contributed by atoms with Gasteiger partial charge in [-0.1, -0.05) is 139 Å². The predicted octanol–water partition coefficient (Wildman–Crippen LogP) is 12.8. The molecule has 0 N–H and O–H groups in total. The summed E-state index contributed by atoms with van der Waals surface area (Å²) in [6.07, 6.45) is 9.51. The van der Waals surface area contributed by atoms with Crippen molar-refractivity contribution in [1.82, 2.24) is 14.1 Å². The Labute approximate surface area is 347 Å². The van der Waals surface area contributed by atoms with Gasteiger partial charge in [-0.15, -0.1) is 0 Å². The summed E-state index contributed by atoms with van der Waals surface area (Å²) in [5.74, 6) is 2.35. The molecular weight excluding hydrogens is 721 g/mol. The Kier molecular flexibility index (Phi) is 9.35. The van der Waals surface area contributed by atoms with Crippen LogP contribution < -0.4 is 9.30 Å². The molecule has 3 heterocycles. The SMILES string of the molecule is CC(C)(C)c1cccc(-[n+]2[c-]n(-c3cccc(Oc4ccc5c6ccc(C(C)(C)c7ccccc7)cc6n(-c6cc(C(C)(C)c7ccccc7)ccn6)c5c4)c3)cc2)c1. The average molecular weight is 771 g/mol. The molecule has 5 nitrogen and oxygen atoms in total. The van der Waals surface area contributed by atoms with Crippen LogP contribution in [0.1, 0.15) is 76.3 Å². The summed E-state index contributed by atoms with van der Waals surface area (Å²) in [6.45, 7) is 15.9. The lowest BCUT2D eigenvalue weighted by Crippen LogP contribution is -2.29. The lowest BCUT2D eigenvalue weighted by atomic mass is 9.78. The lowest BCUT2D eigenvalue weighted by molar-refractivity contribution is -0.599. The number of nitrogens with zero attached hydrogens (tertiary/aromatic N) is 4. The monoisotopic (exact) mass is 770 g/mol. The summed E-state index contributed by atoms with van der Waals surface area (Å²) >= 11 is 0. The first-order valence-electron chi connectivity index (χ1n) is 20.4. The fourth-order valence-corrected chi connectivity index (χ4v) is 8.23. The van der Waals surface area contributed by atoms with Gasteiger partial charge in [-0.25, -0.2) is 4.98 Å². The van der Waals surface area contributed by atoms with Crippen LogP contribution in [0.5, 0.6) is 11.5 Å². The van der Waals surface area contributed by atoms with Crippen LogP contribution in [0.25, 0.3) is 39.0 Å². The Balaban J connectivity index is 1.12. The molecule has 0 aliphatic heterocycles. The summed E-state index contributed by atoms with van der Waals surface area (Å²) in [5.41, 5.74) is 10.0. The van der Waals surface area contributed by atoms with Crippen LogP contribution in [0.3, 0.4) is 0 Å². The maximum Gasteiger partial charge on any atom is 0.268 e. The van der Waals surface area contributed by atoms with Crippen molar-refractivity contribution in [3.05, 3.63) is 210 Å². The molecule has 0 aliphatic carbocycles. The first kappa shape index (κ1) is 37.8. The minimum Gasteiger partial charge on any atom is -0.458 e. The summed E-state index contributed by atoms with van der Waals surface area (Å²) < 4.78 is 13.0. The van der Waals surface area contributed by atoms with Crippen LogP contribution in [0.2, 0.25) is 0 Å². The van der Waals surface area contributed by atoms with Crippen LogP contribution >= 0.6 is 0 Å². The highest BCUT2D eigenvalue weighted by Gasteiger charge is 2.27. The molecule has 292 valence electrons. The van der Waals surface area contributed by atoms with E-state index in [9.17, 15) is 0 Å². The van der Waals surface area contributed by atoms with E-state index in [0.717, 1.165) is 45.1 Å². The summed E-state index contributed by atoms with van der Waals surface area (Å²) in [6, 6.07) is 55.9. The van der Waals surface area contributed by atoms with Gasteiger partial charge in [0.05, 0.1) is 22.4 Å². The number of aromatic nitrogens is 4. The summed E-state index contributed by atoms with van der Waals surface area (Å²) in [5, 5.41) is 2.31. The second-order valence-electron chi connectivity index (χ2n) is 17.7. The molecule has 0 unspecified atom stereocenters. The molecule has 59 heavy (non-hydrogen) atoms. The van der Waals surface area contributed by atoms with Gasteiger partial charge in [0, 0.05) is 46.3 Å². The molecule has 9 aromatic rings. The normalized spacial score (nSPS) is 12.3. The Hall–Kier alpha value is -6.72. The minimum absolute atomic E-state index is 0.0598. The van der Waals surface area contributed by atoms with Gasteiger partial charge in [-0.3, -0.25) is 13.7 Å². The van der Waals surface area contributed by atoms with Crippen molar-refractivity contribution in [2.75, 3.05) is 0 Å². The molecule has 0 bridgehead atoms. The fourth-order valence-electron chi connectivity index (χ4n) is 8.23. The molecule has 9 rings (SSSR count). The van der Waals surface area contributed by atoms with Gasteiger partial charge in [0.15, 0.2) is 0 Å². The van der Waals surface area contributed by atoms with Crippen molar-refractivity contribution in [2.24, 2.45) is 0 Å². The Morgan fingerprint density at radius 3 is 1.83 bits per heavy atom. The third-order valence-corrected chi connectivity index (χ3v) is 12.0. The molecule has 0 amide bonds. The molecule has 0 aliphatic rings. The number of imidazole rings is 1. The molecule has 0 saturated heterocycles. The zero-order chi connectivity index (χ0) is 40.9. The van der Waals surface area contributed by atoms with E-state index in [-0.39, 0.29) is 16.2 Å². The Morgan fingerprint density at radius 1 is 0.525 bits per heavy atom. The molecular formula is C54H50N4O. The van der Waals surface area contributed by atoms with E-state index in [1.807, 2.05) is 39.9 Å². The highest BCUT2D eigenvalue weighted by atomic mass is 16.5. The maximum absolute atomic E-state index is 6.68. The van der Waals surface area contributed by atoms with Gasteiger partial charge in [-0.05, 0) is 93.9 Å². The number of rotatable bonds is 9. The first-order chi connectivity index (χ1) is 28.4. The van der Waals surface area contributed by atoms with E-state index in [2.05, 4.69) is 205 Å². The summed E-state index contributed by atoms with van der Waals surface area (Å²) in [7, 11) is 0. The number of hydrogen-bond acceptors (Lipinski definition) is 2. The second kappa shape index (κ2) is 14.6. The van der Waals surface area contributed by atoms with Crippen molar-refractivity contribution in [1.29, 1.82) is 0 Å². The van der Waals surface area contributed by atoms with Crippen molar-refractivity contribution in [3.8, 4) is 28.7 Å². The van der Waals surface area contributed by atoms with Gasteiger partial charge in [-0.2, -0.15) is 0 Å². The van der Waals surface area contributed by atoms with E-state index in [1.54, 1.807) is 0 Å². The molecule has 0 radical (unpaired) electrons. The molecule has 6 aromatic carbocycles. The Bertz CT molecular complexity index is 2950. The van der Waals surface area contributed by atoms with E-state index < -0.39 is 0 Å². The highest BCUT2D eigenvalue weighted by Crippen LogP contribution is 2.40. The van der Waals surface area contributed by atoms with Crippen molar-refractivity contribution < 1.29 is 9.30 Å². The second-order valence-corrected chi connectivity index (χ2v) is 17.7. The third kappa shape index (κ3) is 7.12. The van der Waals surface area contributed by atoms with Crippen molar-refractivity contribution in [3.63, 3.8) is 0 Å². The number of ether oxygens (including phenoxy) is 1. The van der Waals surface area contributed by atoms with Crippen LogP contribution in [-0.2, 0) is 16.2 Å². The van der Waals surface area contributed by atoms with E-state index in [0.29, 0.717) is 0 Å². The largest absolute Gasteiger partial charge is 0.458 e. The van der Waals surface area contributed by atoms with Crippen LogP contribution in [0.15, 0.2) is 176 Å². The summed E-state index contributed by atoms with van der Waals surface area (Å²) in [4.78, 5) is 5.05. The fraction of sp³-hybridized carbons (Fsp3) is 0.185. The van der Waals surface area contributed by atoms with Crippen molar-refractivity contribution in [2.45, 2.75) is 64.7 Å². The maximum atomic E-state index is 6.68. The number of hydrogen-bond donors (Lipinski definition) is 0. The zero-order valence-electron chi connectivity index (χ0n) is 34.9. The average Bonchev–Trinajstić information content (AvgIpc) is 3.88. The standard InChI is InChI=1S/C54H50N4O/c1-52(2,3)40-20-14-21-43(32-40)56-30-31-57(37-56)44-22-15-23-45(35-44)59-46-25-27-48-47-26-24-41(53(4,5)38-16-10-8-11-17-38)33-49(47)58(50(48)36-46)51-34-42(28-29-55-51)54(6,7)39-18-12-9-13-19-39/h8-36H,1-7H3. The lowest BCUT2D eigenvalue weighted by Gasteiger charge is -2.27. The predicted molar refractivity (Wildman–Crippen MR) is 241 cm³/mol. The molecule has 0 fully saturated rings. The highest BCUT2D eigenvalue weighted by molar-refractivity contribution is 6.09. The van der Waals surface area contributed by atoms with Gasteiger partial charge in [0.25, 0.3) is 6.33 Å². The molecule has 0 atom stereocenters. The Morgan fingerprint density at radius 2 is 1.14 bits per heavy atom. The minimum atomic E-state index is -0.232. The molecule has 5 heteroatoms. The van der Waals surface area contributed by atoms with E-state index >= 15 is 0 Å². The third-order valence-electron chi connectivity index (χ3n) is 12.0. The number of benzene rings is 6. The topological polar surface area (TPSA) is 35.9 Å². The first-order valence-corrected chi connectivity index (χ1v) is 20.4. The van der Waals surface area contributed by atoms with Gasteiger partial charge in [0.2, 0.25) is 0 Å². The van der Waals surface area contributed by atoms with Gasteiger partial charge >= 0.3 is 0 Å². The van der Waals surface area contributed by atoms with E-state index in [1.165, 1.54) is 33.2 Å². The van der Waals surface area contributed by atoms with Crippen LogP contribution in [0, 0.1) is 6.33 Å². The molecule has 0 saturated carbocycles. The van der Waals surface area contributed by atoms with Crippen molar-refractivity contribution >= 4 is 21.8 Å². The number of fused-ring (bicyclic) bond motifs is 3. The van der Waals surface area contributed by atoms with Crippen LogP contribution in [-0.4, -0.2) is 14.1 Å². The van der Waals surface area contributed by atoms with Gasteiger partial charge in [0.1, 0.15) is 17.3 Å². The van der Waals surface area contributed by atoms with Gasteiger partial charge < -0.3 is 4.74 Å². The molecule has 3 aromatic heterocycles. The quantitative estimate of drug-likeness (QED) is 0.108. The van der Waals surface area contributed by atoms with Crippen LogP contribution in [0.4, 0.5) is 0 Å². The number of pyridine rings is 1. The zero-order valence-corrected chi connectivity index (χ0v) is 34.9. The smallest absolute Gasteiger partial charge is 0.268 e.